The summed E-state index contributed by atoms with van der Waals surface area (Å²) in [7, 11) is 1.78. The predicted octanol–water partition coefficient (Wildman–Crippen LogP) is 3.79. The van der Waals surface area contributed by atoms with Gasteiger partial charge in [-0.15, -0.1) is 11.8 Å². The fraction of sp³-hybridized carbons (Fsp3) is 0.214. The van der Waals surface area contributed by atoms with Crippen molar-refractivity contribution in [1.29, 1.82) is 0 Å². The zero-order chi connectivity index (χ0) is 13.7. The lowest BCUT2D eigenvalue weighted by Gasteiger charge is -2.15. The van der Waals surface area contributed by atoms with Crippen LogP contribution in [0.5, 0.6) is 0 Å². The first-order valence-corrected chi connectivity index (χ1v) is 7.58. The van der Waals surface area contributed by atoms with Crippen molar-refractivity contribution in [2.75, 3.05) is 12.8 Å². The molecule has 5 heteroatoms. The fourth-order valence-corrected chi connectivity index (χ4v) is 2.61. The number of amides is 1. The van der Waals surface area contributed by atoms with E-state index in [-0.39, 0.29) is 5.91 Å². The van der Waals surface area contributed by atoms with Gasteiger partial charge >= 0.3 is 0 Å². The normalized spacial score (nSPS) is 10.4. The van der Waals surface area contributed by atoms with Crippen LogP contribution < -0.4 is 0 Å². The lowest BCUT2D eigenvalue weighted by atomic mass is 10.4. The second kappa shape index (κ2) is 6.82. The summed E-state index contributed by atoms with van der Waals surface area (Å²) in [6.45, 7) is 0.507. The molecule has 0 radical (unpaired) electrons. The summed E-state index contributed by atoms with van der Waals surface area (Å²) < 4.78 is 6.26. The molecule has 1 amide bonds. The maximum atomic E-state index is 12.0. The molecule has 100 valence electrons. The van der Waals surface area contributed by atoms with E-state index in [1.54, 1.807) is 18.2 Å². The van der Waals surface area contributed by atoms with Crippen molar-refractivity contribution >= 4 is 33.6 Å². The number of nitrogens with zero attached hydrogens (tertiary/aromatic N) is 1. The van der Waals surface area contributed by atoms with Crippen molar-refractivity contribution in [3.05, 3.63) is 52.9 Å². The number of rotatable bonds is 5. The highest BCUT2D eigenvalue weighted by Gasteiger charge is 2.11. The monoisotopic (exact) mass is 339 g/mol. The number of hydrogen-bond donors (Lipinski definition) is 0. The molecular weight excluding hydrogens is 326 g/mol. The summed E-state index contributed by atoms with van der Waals surface area (Å²) in [5, 5.41) is 0. The van der Waals surface area contributed by atoms with Gasteiger partial charge in [0, 0.05) is 16.4 Å². The molecule has 0 unspecified atom stereocenters. The summed E-state index contributed by atoms with van der Waals surface area (Å²) in [6.07, 6.45) is 1.62. The Hall–Kier alpha value is -1.20. The minimum absolute atomic E-state index is 0.0873. The minimum atomic E-state index is 0.0873. The minimum Gasteiger partial charge on any atom is -0.467 e. The third kappa shape index (κ3) is 4.44. The summed E-state index contributed by atoms with van der Waals surface area (Å²) in [6, 6.07) is 11.6. The van der Waals surface area contributed by atoms with Crippen molar-refractivity contribution in [3.63, 3.8) is 0 Å². The Labute approximate surface area is 125 Å². The highest BCUT2D eigenvalue weighted by Crippen LogP contribution is 2.21. The van der Waals surface area contributed by atoms with Gasteiger partial charge in [-0.05, 0) is 36.4 Å². The van der Waals surface area contributed by atoms with Gasteiger partial charge in [-0.2, -0.15) is 0 Å². The van der Waals surface area contributed by atoms with Crippen LogP contribution in [0.3, 0.4) is 0 Å². The molecule has 0 N–H and O–H groups in total. The maximum absolute atomic E-state index is 12.0. The van der Waals surface area contributed by atoms with E-state index < -0.39 is 0 Å². The molecule has 0 aliphatic carbocycles. The second-order valence-electron chi connectivity index (χ2n) is 4.07. The third-order valence-electron chi connectivity index (χ3n) is 2.57. The Kier molecular flexibility index (Phi) is 5.10. The van der Waals surface area contributed by atoms with Crippen molar-refractivity contribution in [3.8, 4) is 0 Å². The zero-order valence-corrected chi connectivity index (χ0v) is 12.9. The summed E-state index contributed by atoms with van der Waals surface area (Å²) in [5.74, 6) is 1.31. The first-order chi connectivity index (χ1) is 9.15. The lowest BCUT2D eigenvalue weighted by molar-refractivity contribution is -0.127. The molecule has 0 atom stereocenters. The standard InChI is InChI=1S/C14H14BrNO2S/c1-16(9-12-3-2-8-18-12)14(17)10-19-13-6-4-11(15)5-7-13/h2-8H,9-10H2,1H3. The van der Waals surface area contributed by atoms with Gasteiger partial charge in [-0.1, -0.05) is 15.9 Å². The van der Waals surface area contributed by atoms with Crippen LogP contribution >= 0.6 is 27.7 Å². The van der Waals surface area contributed by atoms with E-state index in [2.05, 4.69) is 15.9 Å². The van der Waals surface area contributed by atoms with Crippen LogP contribution in [0.2, 0.25) is 0 Å². The number of thioether (sulfide) groups is 1. The molecule has 0 aliphatic heterocycles. The highest BCUT2D eigenvalue weighted by molar-refractivity contribution is 9.10. The molecule has 1 heterocycles. The molecule has 0 spiro atoms. The third-order valence-corrected chi connectivity index (χ3v) is 4.10. The fourth-order valence-electron chi connectivity index (χ4n) is 1.51. The van der Waals surface area contributed by atoms with E-state index in [0.29, 0.717) is 12.3 Å². The van der Waals surface area contributed by atoms with Crippen LogP contribution in [0, 0.1) is 0 Å². The molecule has 0 bridgehead atoms. The van der Waals surface area contributed by atoms with E-state index in [1.165, 1.54) is 11.8 Å². The summed E-state index contributed by atoms with van der Waals surface area (Å²) in [4.78, 5) is 14.7. The van der Waals surface area contributed by atoms with Crippen LogP contribution in [0.25, 0.3) is 0 Å². The molecule has 1 aromatic carbocycles. The van der Waals surface area contributed by atoms with Gasteiger partial charge in [-0.25, -0.2) is 0 Å². The first-order valence-electron chi connectivity index (χ1n) is 5.80. The molecule has 3 nitrogen and oxygen atoms in total. The van der Waals surface area contributed by atoms with E-state index >= 15 is 0 Å². The molecular formula is C14H14BrNO2S. The van der Waals surface area contributed by atoms with Crippen LogP contribution in [-0.4, -0.2) is 23.6 Å². The first kappa shape index (κ1) is 14.2. The second-order valence-corrected chi connectivity index (χ2v) is 6.04. The quantitative estimate of drug-likeness (QED) is 0.777. The summed E-state index contributed by atoms with van der Waals surface area (Å²) in [5.41, 5.74) is 0. The molecule has 0 aliphatic rings. The van der Waals surface area contributed by atoms with Gasteiger partial charge in [0.25, 0.3) is 0 Å². The number of halogens is 1. The van der Waals surface area contributed by atoms with Gasteiger partial charge in [0.2, 0.25) is 5.91 Å². The van der Waals surface area contributed by atoms with Gasteiger partial charge in [-0.3, -0.25) is 4.79 Å². The predicted molar refractivity (Wildman–Crippen MR) is 80.0 cm³/mol. The Morgan fingerprint density at radius 1 is 1.32 bits per heavy atom. The van der Waals surface area contributed by atoms with E-state index in [9.17, 15) is 4.79 Å². The molecule has 1 aromatic heterocycles. The Morgan fingerprint density at radius 2 is 2.05 bits per heavy atom. The number of furan rings is 1. The molecule has 2 rings (SSSR count). The average Bonchev–Trinajstić information content (AvgIpc) is 2.90. The van der Waals surface area contributed by atoms with Crippen LogP contribution in [0.1, 0.15) is 5.76 Å². The van der Waals surface area contributed by atoms with Crippen molar-refractivity contribution in [2.24, 2.45) is 0 Å². The summed E-state index contributed by atoms with van der Waals surface area (Å²) >= 11 is 4.92. The molecule has 2 aromatic rings. The van der Waals surface area contributed by atoms with Gasteiger partial charge < -0.3 is 9.32 Å². The highest BCUT2D eigenvalue weighted by atomic mass is 79.9. The zero-order valence-electron chi connectivity index (χ0n) is 10.5. The van der Waals surface area contributed by atoms with E-state index in [0.717, 1.165) is 15.1 Å². The number of hydrogen-bond acceptors (Lipinski definition) is 3. The molecule has 0 saturated carbocycles. The van der Waals surface area contributed by atoms with Crippen molar-refractivity contribution in [1.82, 2.24) is 4.90 Å². The Balaban J connectivity index is 1.82. The Bertz CT molecular complexity index is 525. The topological polar surface area (TPSA) is 33.5 Å². The van der Waals surface area contributed by atoms with Gasteiger partial charge in [0.1, 0.15) is 5.76 Å². The van der Waals surface area contributed by atoms with Gasteiger partial charge in [0.15, 0.2) is 0 Å². The van der Waals surface area contributed by atoms with E-state index in [1.807, 2.05) is 36.4 Å². The number of carbonyl (C=O) groups excluding carboxylic acids is 1. The molecule has 0 saturated heterocycles. The number of benzene rings is 1. The Morgan fingerprint density at radius 3 is 2.68 bits per heavy atom. The smallest absolute Gasteiger partial charge is 0.233 e. The molecule has 0 fully saturated rings. The maximum Gasteiger partial charge on any atom is 0.233 e. The van der Waals surface area contributed by atoms with Crippen molar-refractivity contribution < 1.29 is 9.21 Å². The SMILES string of the molecule is CN(Cc1ccco1)C(=O)CSc1ccc(Br)cc1. The largest absolute Gasteiger partial charge is 0.467 e. The van der Waals surface area contributed by atoms with Crippen molar-refractivity contribution in [2.45, 2.75) is 11.4 Å². The van der Waals surface area contributed by atoms with Crippen LogP contribution in [0.4, 0.5) is 0 Å². The van der Waals surface area contributed by atoms with Crippen LogP contribution in [-0.2, 0) is 11.3 Å². The number of carbonyl (C=O) groups is 1. The average molecular weight is 340 g/mol. The molecule has 19 heavy (non-hydrogen) atoms. The van der Waals surface area contributed by atoms with Crippen LogP contribution in [0.15, 0.2) is 56.4 Å². The lowest BCUT2D eigenvalue weighted by Crippen LogP contribution is -2.27. The van der Waals surface area contributed by atoms with E-state index in [4.69, 9.17) is 4.42 Å². The van der Waals surface area contributed by atoms with Gasteiger partial charge in [0.05, 0.1) is 18.6 Å².